The Morgan fingerprint density at radius 3 is 1.89 bits per heavy atom. The second kappa shape index (κ2) is 11.9. The lowest BCUT2D eigenvalue weighted by atomic mass is 10.0. The Morgan fingerprint density at radius 1 is 0.893 bits per heavy atom. The molecule has 0 aromatic heterocycles. The van der Waals surface area contributed by atoms with Crippen LogP contribution < -0.4 is 21.7 Å². The van der Waals surface area contributed by atoms with Crippen LogP contribution in [0.15, 0.2) is 0 Å². The van der Waals surface area contributed by atoms with E-state index in [9.17, 15) is 24.0 Å². The van der Waals surface area contributed by atoms with E-state index >= 15 is 0 Å². The predicted molar refractivity (Wildman–Crippen MR) is 95.9 cm³/mol. The molecule has 0 aliphatic rings. The Bertz CT molecular complexity index is 595. The Hall–Kier alpha value is -2.73. The second-order valence-corrected chi connectivity index (χ2v) is 6.58. The van der Waals surface area contributed by atoms with Gasteiger partial charge in [-0.3, -0.25) is 24.0 Å². The molecule has 4 atom stereocenters. The molecule has 4 unspecified atom stereocenters. The van der Waals surface area contributed by atoms with E-state index in [2.05, 4.69) is 16.0 Å². The minimum atomic E-state index is -1.32. The molecule has 0 saturated carbocycles. The lowest BCUT2D eigenvalue weighted by Gasteiger charge is -2.26. The number of hydrogen-bond donors (Lipinski definition) is 7. The Morgan fingerprint density at radius 2 is 1.46 bits per heavy atom. The average Bonchev–Trinajstić information content (AvgIpc) is 2.60. The fraction of sp³-hybridized carbons (Fsp3) is 0.688. The predicted octanol–water partition coefficient (Wildman–Crippen LogP) is -2.61. The number of aliphatic hydroxyl groups excluding tert-OH is 1. The highest BCUT2D eigenvalue weighted by Crippen LogP contribution is 2.06. The van der Waals surface area contributed by atoms with Crippen molar-refractivity contribution in [3.8, 4) is 0 Å². The van der Waals surface area contributed by atoms with Crippen LogP contribution in [0.1, 0.15) is 33.6 Å². The summed E-state index contributed by atoms with van der Waals surface area (Å²) < 4.78 is 0. The van der Waals surface area contributed by atoms with Crippen LogP contribution in [0.25, 0.3) is 0 Å². The number of carbonyl (C=O) groups excluding carboxylic acids is 3. The molecule has 160 valence electrons. The molecule has 12 heteroatoms. The zero-order valence-electron chi connectivity index (χ0n) is 16.0. The number of amides is 3. The van der Waals surface area contributed by atoms with Gasteiger partial charge in [-0.05, 0) is 19.3 Å². The van der Waals surface area contributed by atoms with Crippen molar-refractivity contribution in [2.45, 2.75) is 57.8 Å². The minimum absolute atomic E-state index is 0.284. The number of carboxylic acid groups (broad SMARTS) is 2. The highest BCUT2D eigenvalue weighted by molar-refractivity contribution is 5.94. The third kappa shape index (κ3) is 8.77. The van der Waals surface area contributed by atoms with Crippen molar-refractivity contribution in [2.75, 3.05) is 6.61 Å². The molecule has 0 radical (unpaired) electrons. The van der Waals surface area contributed by atoms with E-state index in [4.69, 9.17) is 21.1 Å². The van der Waals surface area contributed by atoms with Crippen LogP contribution in [0.3, 0.4) is 0 Å². The van der Waals surface area contributed by atoms with Crippen molar-refractivity contribution < 1.29 is 39.3 Å². The number of carbonyl (C=O) groups is 5. The van der Waals surface area contributed by atoms with Crippen LogP contribution in [-0.4, -0.2) is 75.8 Å². The van der Waals surface area contributed by atoms with Crippen molar-refractivity contribution in [2.24, 2.45) is 11.7 Å². The topological polar surface area (TPSA) is 208 Å². The van der Waals surface area contributed by atoms with Crippen LogP contribution in [0.2, 0.25) is 0 Å². The molecule has 0 rings (SSSR count). The van der Waals surface area contributed by atoms with Gasteiger partial charge < -0.3 is 37.0 Å². The van der Waals surface area contributed by atoms with Crippen molar-refractivity contribution in [1.29, 1.82) is 0 Å². The Kier molecular flexibility index (Phi) is 10.7. The summed E-state index contributed by atoms with van der Waals surface area (Å²) in [6.07, 6.45) is -0.734. The number of aliphatic carboxylic acids is 2. The monoisotopic (exact) mass is 404 g/mol. The van der Waals surface area contributed by atoms with Crippen molar-refractivity contribution in [3.05, 3.63) is 0 Å². The molecule has 28 heavy (non-hydrogen) atoms. The largest absolute Gasteiger partial charge is 0.481 e. The van der Waals surface area contributed by atoms with Gasteiger partial charge in [0.2, 0.25) is 17.7 Å². The molecule has 0 heterocycles. The zero-order chi connectivity index (χ0) is 22.0. The maximum Gasteiger partial charge on any atom is 0.325 e. The van der Waals surface area contributed by atoms with Gasteiger partial charge in [0.05, 0.1) is 6.61 Å². The van der Waals surface area contributed by atoms with Crippen molar-refractivity contribution in [1.82, 2.24) is 16.0 Å². The van der Waals surface area contributed by atoms with Gasteiger partial charge in [0, 0.05) is 6.42 Å². The number of nitrogens with two attached hydrogens (primary N) is 1. The van der Waals surface area contributed by atoms with Crippen LogP contribution in [0, 0.1) is 5.92 Å². The maximum atomic E-state index is 12.5. The highest BCUT2D eigenvalue weighted by Gasteiger charge is 2.31. The Balaban J connectivity index is 5.29. The molecule has 8 N–H and O–H groups in total. The molecule has 0 aromatic carbocycles. The molecule has 0 aromatic rings. The molecule has 3 amide bonds. The third-order valence-electron chi connectivity index (χ3n) is 3.79. The number of carboxylic acids is 2. The Labute approximate surface area is 161 Å². The summed E-state index contributed by atoms with van der Waals surface area (Å²) in [6.45, 7) is 3.82. The molecule has 0 aliphatic heterocycles. The van der Waals surface area contributed by atoms with Gasteiger partial charge in [0.1, 0.15) is 24.2 Å². The summed E-state index contributed by atoms with van der Waals surface area (Å²) in [5.74, 6) is -5.35. The molecular formula is C16H28N4O8. The van der Waals surface area contributed by atoms with Gasteiger partial charge >= 0.3 is 11.9 Å². The summed E-state index contributed by atoms with van der Waals surface area (Å²) in [5.41, 5.74) is 5.40. The van der Waals surface area contributed by atoms with E-state index in [0.717, 1.165) is 0 Å². The number of nitrogens with one attached hydrogen (secondary N) is 3. The summed E-state index contributed by atoms with van der Waals surface area (Å²) in [7, 11) is 0. The quantitative estimate of drug-likeness (QED) is 0.181. The zero-order valence-corrected chi connectivity index (χ0v) is 16.0. The van der Waals surface area contributed by atoms with E-state index < -0.39 is 72.8 Å². The first kappa shape index (κ1) is 25.3. The van der Waals surface area contributed by atoms with E-state index in [1.807, 2.05) is 0 Å². The first-order chi connectivity index (χ1) is 12.9. The van der Waals surface area contributed by atoms with Gasteiger partial charge in [-0.2, -0.15) is 0 Å². The summed E-state index contributed by atoms with van der Waals surface area (Å²) in [5, 5.41) is 33.5. The van der Waals surface area contributed by atoms with Gasteiger partial charge in [-0.15, -0.1) is 0 Å². The fourth-order valence-corrected chi connectivity index (χ4v) is 2.05. The molecule has 0 saturated heterocycles. The smallest absolute Gasteiger partial charge is 0.325 e. The first-order valence-corrected chi connectivity index (χ1v) is 8.62. The molecule has 0 fully saturated rings. The van der Waals surface area contributed by atoms with Gasteiger partial charge in [-0.1, -0.05) is 13.8 Å². The highest BCUT2D eigenvalue weighted by atomic mass is 16.4. The standard InChI is InChI=1S/C16H28N4O8/c1-7(2)12(20-13(24)9(17)6-21)15(26)19-10(4-5-11(22)23)14(25)18-8(3)16(27)28/h7-10,12,21H,4-6,17H2,1-3H3,(H,18,25)(H,19,26)(H,20,24)(H,22,23)(H,27,28). The SMILES string of the molecule is CC(NC(=O)C(CCC(=O)O)NC(=O)C(NC(=O)C(N)CO)C(C)C)C(=O)O. The molecular weight excluding hydrogens is 376 g/mol. The van der Waals surface area contributed by atoms with E-state index in [1.165, 1.54) is 6.92 Å². The van der Waals surface area contributed by atoms with Crippen LogP contribution in [0.4, 0.5) is 0 Å². The minimum Gasteiger partial charge on any atom is -0.481 e. The normalized spacial score (nSPS) is 15.1. The number of aliphatic hydroxyl groups is 1. The van der Waals surface area contributed by atoms with Gasteiger partial charge in [0.25, 0.3) is 0 Å². The average molecular weight is 404 g/mol. The van der Waals surface area contributed by atoms with Crippen LogP contribution >= 0.6 is 0 Å². The van der Waals surface area contributed by atoms with Crippen molar-refractivity contribution in [3.63, 3.8) is 0 Å². The fourth-order valence-electron chi connectivity index (χ4n) is 2.05. The second-order valence-electron chi connectivity index (χ2n) is 6.58. The number of rotatable bonds is 12. The van der Waals surface area contributed by atoms with E-state index in [1.54, 1.807) is 13.8 Å². The van der Waals surface area contributed by atoms with Gasteiger partial charge in [-0.25, -0.2) is 0 Å². The first-order valence-electron chi connectivity index (χ1n) is 8.62. The summed E-state index contributed by atoms with van der Waals surface area (Å²) >= 11 is 0. The van der Waals surface area contributed by atoms with Crippen LogP contribution in [-0.2, 0) is 24.0 Å². The van der Waals surface area contributed by atoms with E-state index in [-0.39, 0.29) is 6.42 Å². The lowest BCUT2D eigenvalue weighted by Crippen LogP contribution is -2.58. The van der Waals surface area contributed by atoms with Crippen molar-refractivity contribution >= 4 is 29.7 Å². The summed E-state index contributed by atoms with van der Waals surface area (Å²) in [6, 6.07) is -4.92. The summed E-state index contributed by atoms with van der Waals surface area (Å²) in [4.78, 5) is 58.3. The van der Waals surface area contributed by atoms with Crippen LogP contribution in [0.5, 0.6) is 0 Å². The molecule has 0 aliphatic carbocycles. The number of hydrogen-bond acceptors (Lipinski definition) is 7. The molecule has 0 spiro atoms. The maximum absolute atomic E-state index is 12.5. The van der Waals surface area contributed by atoms with Gasteiger partial charge in [0.15, 0.2) is 0 Å². The molecule has 12 nitrogen and oxygen atoms in total. The molecule has 0 bridgehead atoms. The van der Waals surface area contributed by atoms with E-state index in [0.29, 0.717) is 0 Å². The lowest BCUT2D eigenvalue weighted by molar-refractivity contribution is -0.142. The third-order valence-corrected chi connectivity index (χ3v) is 3.79.